The first-order chi connectivity index (χ1) is 6.72. The number of rotatable bonds is 5. The van der Waals surface area contributed by atoms with Crippen LogP contribution in [0.3, 0.4) is 0 Å². The predicted molar refractivity (Wildman–Crippen MR) is 52.8 cm³/mol. The van der Waals surface area contributed by atoms with Gasteiger partial charge in [0.2, 0.25) is 0 Å². The highest BCUT2D eigenvalue weighted by molar-refractivity contribution is 5.70. The number of carbonyl (C=O) groups excluding carboxylic acids is 1. The molecular weight excluding hydrogens is 182 g/mol. The van der Waals surface area contributed by atoms with Crippen molar-refractivity contribution in [1.82, 2.24) is 0 Å². The third-order valence-electron chi connectivity index (χ3n) is 2.46. The van der Waals surface area contributed by atoms with Crippen LogP contribution in [0.1, 0.15) is 26.2 Å². The molecule has 2 unspecified atom stereocenters. The average molecular weight is 201 g/mol. The number of ether oxygens (including phenoxy) is 2. The first-order valence-corrected chi connectivity index (χ1v) is 5.21. The fourth-order valence-electron chi connectivity index (χ4n) is 1.34. The van der Waals surface area contributed by atoms with Crippen LogP contribution in [0.2, 0.25) is 0 Å². The van der Waals surface area contributed by atoms with Crippen LogP contribution in [0.25, 0.3) is 0 Å². The molecular formula is C10H19NO3. The van der Waals surface area contributed by atoms with Gasteiger partial charge in [0, 0.05) is 18.6 Å². The number of carbonyl (C=O) groups is 1. The maximum absolute atomic E-state index is 11.2. The monoisotopic (exact) mass is 201 g/mol. The zero-order chi connectivity index (χ0) is 10.4. The summed E-state index contributed by atoms with van der Waals surface area (Å²) in [6.45, 7) is 3.95. The van der Waals surface area contributed by atoms with Crippen molar-refractivity contribution in [3.8, 4) is 0 Å². The van der Waals surface area contributed by atoms with Gasteiger partial charge in [-0.1, -0.05) is 6.92 Å². The summed E-state index contributed by atoms with van der Waals surface area (Å²) < 4.78 is 10.3. The third-order valence-corrected chi connectivity index (χ3v) is 2.46. The molecule has 82 valence electrons. The number of esters is 1. The van der Waals surface area contributed by atoms with Gasteiger partial charge in [0.15, 0.2) is 0 Å². The molecule has 14 heavy (non-hydrogen) atoms. The average Bonchev–Trinajstić information content (AvgIpc) is 2.67. The molecule has 0 aliphatic carbocycles. The van der Waals surface area contributed by atoms with E-state index < -0.39 is 0 Å². The Hall–Kier alpha value is -0.610. The quantitative estimate of drug-likeness (QED) is 0.665. The van der Waals surface area contributed by atoms with Crippen molar-refractivity contribution < 1.29 is 14.3 Å². The highest BCUT2D eigenvalue weighted by Crippen LogP contribution is 2.12. The summed E-state index contributed by atoms with van der Waals surface area (Å²) in [5, 5.41) is 0. The minimum Gasteiger partial charge on any atom is -0.465 e. The SMILES string of the molecule is CCC(N)CC(=O)OCC1CCOC1. The summed E-state index contributed by atoms with van der Waals surface area (Å²) in [6, 6.07) is -0.0673. The highest BCUT2D eigenvalue weighted by Gasteiger charge is 2.18. The molecule has 0 spiro atoms. The lowest BCUT2D eigenvalue weighted by Crippen LogP contribution is -2.25. The molecule has 0 bridgehead atoms. The zero-order valence-electron chi connectivity index (χ0n) is 8.70. The van der Waals surface area contributed by atoms with E-state index in [1.807, 2.05) is 6.92 Å². The van der Waals surface area contributed by atoms with Gasteiger partial charge in [-0.2, -0.15) is 0 Å². The third kappa shape index (κ3) is 4.07. The molecule has 1 fully saturated rings. The second kappa shape index (κ2) is 5.98. The van der Waals surface area contributed by atoms with E-state index in [-0.39, 0.29) is 12.0 Å². The van der Waals surface area contributed by atoms with Crippen LogP contribution >= 0.6 is 0 Å². The van der Waals surface area contributed by atoms with E-state index in [9.17, 15) is 4.79 Å². The normalized spacial score (nSPS) is 23.4. The van der Waals surface area contributed by atoms with Crippen molar-refractivity contribution in [3.05, 3.63) is 0 Å². The van der Waals surface area contributed by atoms with Gasteiger partial charge in [-0.15, -0.1) is 0 Å². The molecule has 1 heterocycles. The van der Waals surface area contributed by atoms with Crippen LogP contribution in [0.4, 0.5) is 0 Å². The lowest BCUT2D eigenvalue weighted by molar-refractivity contribution is -0.145. The van der Waals surface area contributed by atoms with Gasteiger partial charge in [-0.05, 0) is 12.8 Å². The molecule has 0 aromatic heterocycles. The summed E-state index contributed by atoms with van der Waals surface area (Å²) >= 11 is 0. The number of nitrogens with two attached hydrogens (primary N) is 1. The maximum atomic E-state index is 11.2. The van der Waals surface area contributed by atoms with Gasteiger partial charge in [0.25, 0.3) is 0 Å². The van der Waals surface area contributed by atoms with Crippen molar-refractivity contribution in [2.45, 2.75) is 32.2 Å². The molecule has 0 radical (unpaired) electrons. The summed E-state index contributed by atoms with van der Waals surface area (Å²) in [4.78, 5) is 11.2. The Morgan fingerprint density at radius 1 is 1.71 bits per heavy atom. The van der Waals surface area contributed by atoms with E-state index >= 15 is 0 Å². The van der Waals surface area contributed by atoms with E-state index in [1.54, 1.807) is 0 Å². The molecule has 4 heteroatoms. The molecule has 0 aromatic carbocycles. The Kier molecular flexibility index (Phi) is 4.90. The lowest BCUT2D eigenvalue weighted by Gasteiger charge is -2.11. The van der Waals surface area contributed by atoms with Crippen LogP contribution in [0, 0.1) is 5.92 Å². The van der Waals surface area contributed by atoms with Crippen molar-refractivity contribution >= 4 is 5.97 Å². The van der Waals surface area contributed by atoms with Gasteiger partial charge in [-0.25, -0.2) is 0 Å². The van der Waals surface area contributed by atoms with Crippen molar-refractivity contribution in [3.63, 3.8) is 0 Å². The van der Waals surface area contributed by atoms with E-state index in [4.69, 9.17) is 15.2 Å². The van der Waals surface area contributed by atoms with Crippen molar-refractivity contribution in [2.75, 3.05) is 19.8 Å². The van der Waals surface area contributed by atoms with Gasteiger partial charge < -0.3 is 15.2 Å². The molecule has 1 saturated heterocycles. The summed E-state index contributed by atoms with van der Waals surface area (Å²) in [5.74, 6) is 0.197. The standard InChI is InChI=1S/C10H19NO3/c1-2-9(11)5-10(12)14-7-8-3-4-13-6-8/h8-9H,2-7,11H2,1H3. The Bertz CT molecular complexity index is 178. The zero-order valence-corrected chi connectivity index (χ0v) is 8.70. The minimum atomic E-state index is -0.189. The molecule has 4 nitrogen and oxygen atoms in total. The van der Waals surface area contributed by atoms with Gasteiger partial charge in [0.1, 0.15) is 0 Å². The van der Waals surface area contributed by atoms with Crippen LogP contribution < -0.4 is 5.73 Å². The molecule has 0 amide bonds. The Morgan fingerprint density at radius 3 is 3.07 bits per heavy atom. The molecule has 1 aliphatic rings. The summed E-state index contributed by atoms with van der Waals surface area (Å²) in [5.41, 5.74) is 5.63. The van der Waals surface area contributed by atoms with E-state index in [2.05, 4.69) is 0 Å². The van der Waals surface area contributed by atoms with Gasteiger partial charge in [0.05, 0.1) is 19.6 Å². The smallest absolute Gasteiger partial charge is 0.307 e. The fraction of sp³-hybridized carbons (Fsp3) is 0.900. The van der Waals surface area contributed by atoms with Crippen LogP contribution in [-0.2, 0) is 14.3 Å². The fourth-order valence-corrected chi connectivity index (χ4v) is 1.34. The largest absolute Gasteiger partial charge is 0.465 e. The second-order valence-corrected chi connectivity index (χ2v) is 3.79. The Balaban J connectivity index is 2.08. The molecule has 0 saturated carbocycles. The van der Waals surface area contributed by atoms with Crippen LogP contribution in [0.5, 0.6) is 0 Å². The van der Waals surface area contributed by atoms with Crippen LogP contribution in [-0.4, -0.2) is 31.8 Å². The maximum Gasteiger partial charge on any atom is 0.307 e. The topological polar surface area (TPSA) is 61.6 Å². The van der Waals surface area contributed by atoms with E-state index in [0.717, 1.165) is 19.4 Å². The first kappa shape index (κ1) is 11.5. The number of hydrogen-bond acceptors (Lipinski definition) is 4. The Morgan fingerprint density at radius 2 is 2.50 bits per heavy atom. The lowest BCUT2D eigenvalue weighted by atomic mass is 10.1. The Labute approximate surface area is 84.7 Å². The second-order valence-electron chi connectivity index (χ2n) is 3.79. The predicted octanol–water partition coefficient (Wildman–Crippen LogP) is 0.693. The van der Waals surface area contributed by atoms with Crippen molar-refractivity contribution in [2.24, 2.45) is 11.7 Å². The number of hydrogen-bond donors (Lipinski definition) is 1. The molecule has 1 aliphatic heterocycles. The van der Waals surface area contributed by atoms with Gasteiger partial charge >= 0.3 is 5.97 Å². The highest BCUT2D eigenvalue weighted by atomic mass is 16.5. The summed E-state index contributed by atoms with van der Waals surface area (Å²) in [6.07, 6.45) is 2.12. The molecule has 0 aromatic rings. The molecule has 2 atom stereocenters. The summed E-state index contributed by atoms with van der Waals surface area (Å²) in [7, 11) is 0. The minimum absolute atomic E-state index is 0.0673. The van der Waals surface area contributed by atoms with Crippen LogP contribution in [0.15, 0.2) is 0 Å². The molecule has 1 rings (SSSR count). The van der Waals surface area contributed by atoms with Crippen molar-refractivity contribution in [1.29, 1.82) is 0 Å². The van der Waals surface area contributed by atoms with Gasteiger partial charge in [-0.3, -0.25) is 4.79 Å². The van der Waals surface area contributed by atoms with E-state index in [0.29, 0.717) is 25.6 Å². The first-order valence-electron chi connectivity index (χ1n) is 5.21. The van der Waals surface area contributed by atoms with E-state index in [1.165, 1.54) is 0 Å². The molecule has 2 N–H and O–H groups in total.